The third kappa shape index (κ3) is 58.8. The molecule has 0 N–H and O–H groups in total. The predicted octanol–water partition coefficient (Wildman–Crippen LogP) is 21.8. The SMILES string of the molecule is CCCCCC/C=C\C/C=C\CCCCCCCC(=O)OC(COC(=O)CCCCCCCCCCCC)COC(=O)CCCCCCCCCCCCCCCCCCCCCCCCCCCCCC. The molecule has 0 aliphatic heterocycles. The molecule has 0 aromatic carbocycles. The molecular weight excluding hydrogens is 889 g/mol. The molecule has 0 rings (SSSR count). The molecule has 0 spiro atoms. The van der Waals surface area contributed by atoms with Crippen molar-refractivity contribution < 1.29 is 28.6 Å². The summed E-state index contributed by atoms with van der Waals surface area (Å²) in [6, 6.07) is 0. The fraction of sp³-hybridized carbons (Fsp3) is 0.894. The molecule has 6 heteroatoms. The maximum atomic E-state index is 12.9. The first kappa shape index (κ1) is 69.9. The second-order valence-electron chi connectivity index (χ2n) is 22.0. The minimum Gasteiger partial charge on any atom is -0.462 e. The van der Waals surface area contributed by atoms with Gasteiger partial charge in [0.1, 0.15) is 13.2 Å². The number of ether oxygens (including phenoxy) is 3. The zero-order chi connectivity index (χ0) is 52.2. The van der Waals surface area contributed by atoms with Crippen LogP contribution >= 0.6 is 0 Å². The van der Waals surface area contributed by atoms with Gasteiger partial charge in [0, 0.05) is 19.3 Å². The van der Waals surface area contributed by atoms with Crippen LogP contribution in [-0.4, -0.2) is 37.2 Å². The number of carbonyl (C=O) groups excluding carboxylic acids is 3. The summed E-state index contributed by atoms with van der Waals surface area (Å²) < 4.78 is 16.9. The van der Waals surface area contributed by atoms with Crippen LogP contribution in [-0.2, 0) is 28.6 Å². The third-order valence-electron chi connectivity index (χ3n) is 14.7. The summed E-state index contributed by atoms with van der Waals surface area (Å²) in [6.07, 6.45) is 73.5. The Labute approximate surface area is 449 Å². The molecule has 72 heavy (non-hydrogen) atoms. The number of unbranched alkanes of at least 4 members (excludes halogenated alkanes) is 45. The van der Waals surface area contributed by atoms with E-state index in [-0.39, 0.29) is 31.1 Å². The molecule has 0 amide bonds. The van der Waals surface area contributed by atoms with Crippen molar-refractivity contribution in [3.8, 4) is 0 Å². The van der Waals surface area contributed by atoms with Gasteiger partial charge in [-0.2, -0.15) is 0 Å². The van der Waals surface area contributed by atoms with Gasteiger partial charge in [0.25, 0.3) is 0 Å². The van der Waals surface area contributed by atoms with E-state index in [1.54, 1.807) is 0 Å². The quantitative estimate of drug-likeness (QED) is 0.0261. The smallest absolute Gasteiger partial charge is 0.306 e. The van der Waals surface area contributed by atoms with Crippen LogP contribution in [0.5, 0.6) is 0 Å². The molecule has 0 saturated heterocycles. The minimum atomic E-state index is -0.774. The lowest BCUT2D eigenvalue weighted by Gasteiger charge is -2.18. The fourth-order valence-electron chi connectivity index (χ4n) is 9.83. The number of allylic oxidation sites excluding steroid dienone is 4. The van der Waals surface area contributed by atoms with E-state index in [0.29, 0.717) is 19.3 Å². The maximum absolute atomic E-state index is 12.9. The lowest BCUT2D eigenvalue weighted by molar-refractivity contribution is -0.167. The number of rotatable bonds is 60. The van der Waals surface area contributed by atoms with Crippen molar-refractivity contribution in [1.82, 2.24) is 0 Å². The Hall–Kier alpha value is -2.11. The van der Waals surface area contributed by atoms with Crippen molar-refractivity contribution in [2.75, 3.05) is 13.2 Å². The monoisotopic (exact) mass is 1010 g/mol. The standard InChI is InChI=1S/C66H124O6/c1-4-7-10-13-16-19-22-24-26-28-29-30-31-32-33-34-35-36-37-38-39-41-42-44-47-50-53-56-59-65(68)71-62-63(61-70-64(67)58-55-52-49-46-21-18-15-12-9-6-3)72-66(69)60-57-54-51-48-45-43-40-27-25-23-20-17-14-11-8-5-2/h20,23,27,40,63H,4-19,21-22,24-26,28-39,41-62H2,1-3H3/b23-20-,40-27-. The van der Waals surface area contributed by atoms with E-state index in [1.807, 2.05) is 0 Å². The first-order chi connectivity index (χ1) is 35.5. The highest BCUT2D eigenvalue weighted by molar-refractivity contribution is 5.71. The summed E-state index contributed by atoms with van der Waals surface area (Å²) in [5.41, 5.74) is 0. The molecular formula is C66H124O6. The average Bonchev–Trinajstić information content (AvgIpc) is 3.38. The lowest BCUT2D eigenvalue weighted by Crippen LogP contribution is -2.30. The summed E-state index contributed by atoms with van der Waals surface area (Å²) in [4.78, 5) is 38.2. The number of esters is 3. The second-order valence-corrected chi connectivity index (χ2v) is 22.0. The molecule has 1 atom stereocenters. The zero-order valence-corrected chi connectivity index (χ0v) is 48.7. The molecule has 0 aliphatic carbocycles. The summed E-state index contributed by atoms with van der Waals surface area (Å²) in [7, 11) is 0. The average molecular weight is 1010 g/mol. The van der Waals surface area contributed by atoms with Crippen molar-refractivity contribution in [3.63, 3.8) is 0 Å². The Morgan fingerprint density at radius 2 is 0.500 bits per heavy atom. The molecule has 6 nitrogen and oxygen atoms in total. The number of hydrogen-bond donors (Lipinski definition) is 0. The van der Waals surface area contributed by atoms with Crippen LogP contribution < -0.4 is 0 Å². The molecule has 424 valence electrons. The van der Waals surface area contributed by atoms with Gasteiger partial charge < -0.3 is 14.2 Å². The molecule has 0 bridgehead atoms. The van der Waals surface area contributed by atoms with Crippen LogP contribution in [0.4, 0.5) is 0 Å². The summed E-state index contributed by atoms with van der Waals surface area (Å²) >= 11 is 0. The van der Waals surface area contributed by atoms with Crippen molar-refractivity contribution in [2.24, 2.45) is 0 Å². The minimum absolute atomic E-state index is 0.0715. The van der Waals surface area contributed by atoms with E-state index in [9.17, 15) is 14.4 Å². The predicted molar refractivity (Wildman–Crippen MR) is 312 cm³/mol. The van der Waals surface area contributed by atoms with Crippen molar-refractivity contribution in [2.45, 2.75) is 367 Å². The first-order valence-electron chi connectivity index (χ1n) is 32.3. The molecule has 0 fully saturated rings. The van der Waals surface area contributed by atoms with Gasteiger partial charge in [-0.15, -0.1) is 0 Å². The highest BCUT2D eigenvalue weighted by Crippen LogP contribution is 2.18. The fourth-order valence-corrected chi connectivity index (χ4v) is 9.83. The lowest BCUT2D eigenvalue weighted by atomic mass is 10.0. The van der Waals surface area contributed by atoms with E-state index < -0.39 is 6.10 Å². The molecule has 0 aromatic rings. The van der Waals surface area contributed by atoms with E-state index in [0.717, 1.165) is 77.0 Å². The molecule has 1 unspecified atom stereocenters. The van der Waals surface area contributed by atoms with Gasteiger partial charge in [0.2, 0.25) is 0 Å². The van der Waals surface area contributed by atoms with Gasteiger partial charge in [-0.25, -0.2) is 0 Å². The van der Waals surface area contributed by atoms with Gasteiger partial charge >= 0.3 is 17.9 Å². The van der Waals surface area contributed by atoms with Crippen LogP contribution in [0.25, 0.3) is 0 Å². The summed E-state index contributed by atoms with van der Waals surface area (Å²) in [5, 5.41) is 0. The van der Waals surface area contributed by atoms with E-state index in [4.69, 9.17) is 14.2 Å². The normalized spacial score (nSPS) is 12.1. The van der Waals surface area contributed by atoms with Gasteiger partial charge in [-0.1, -0.05) is 315 Å². The molecule has 0 saturated carbocycles. The molecule has 0 heterocycles. The van der Waals surface area contributed by atoms with Crippen LogP contribution in [0.1, 0.15) is 361 Å². The van der Waals surface area contributed by atoms with Gasteiger partial charge in [0.05, 0.1) is 0 Å². The Morgan fingerprint density at radius 1 is 0.278 bits per heavy atom. The second kappa shape index (κ2) is 61.4. The van der Waals surface area contributed by atoms with E-state index in [2.05, 4.69) is 45.1 Å². The van der Waals surface area contributed by atoms with Crippen LogP contribution in [0.2, 0.25) is 0 Å². The Bertz CT molecular complexity index is 1160. The van der Waals surface area contributed by atoms with Crippen molar-refractivity contribution in [3.05, 3.63) is 24.3 Å². The van der Waals surface area contributed by atoms with Crippen LogP contribution in [0.3, 0.4) is 0 Å². The van der Waals surface area contributed by atoms with Gasteiger partial charge in [0.15, 0.2) is 6.10 Å². The number of hydrogen-bond acceptors (Lipinski definition) is 6. The third-order valence-corrected chi connectivity index (χ3v) is 14.7. The topological polar surface area (TPSA) is 78.9 Å². The van der Waals surface area contributed by atoms with E-state index in [1.165, 1.54) is 244 Å². The molecule has 0 aliphatic rings. The van der Waals surface area contributed by atoms with Gasteiger partial charge in [-0.05, 0) is 51.4 Å². The summed E-state index contributed by atoms with van der Waals surface area (Å²) in [6.45, 7) is 6.66. The highest BCUT2D eigenvalue weighted by atomic mass is 16.6. The molecule has 0 aromatic heterocycles. The number of carbonyl (C=O) groups is 3. The Balaban J connectivity index is 4.11. The largest absolute Gasteiger partial charge is 0.462 e. The Morgan fingerprint density at radius 3 is 0.778 bits per heavy atom. The van der Waals surface area contributed by atoms with Gasteiger partial charge in [-0.3, -0.25) is 14.4 Å². The highest BCUT2D eigenvalue weighted by Gasteiger charge is 2.19. The molecule has 0 radical (unpaired) electrons. The van der Waals surface area contributed by atoms with Crippen molar-refractivity contribution >= 4 is 17.9 Å². The van der Waals surface area contributed by atoms with Crippen LogP contribution in [0.15, 0.2) is 24.3 Å². The van der Waals surface area contributed by atoms with Crippen LogP contribution in [0, 0.1) is 0 Å². The maximum Gasteiger partial charge on any atom is 0.306 e. The van der Waals surface area contributed by atoms with Crippen molar-refractivity contribution in [1.29, 1.82) is 0 Å². The first-order valence-corrected chi connectivity index (χ1v) is 32.3. The zero-order valence-electron chi connectivity index (χ0n) is 48.7. The van der Waals surface area contributed by atoms with E-state index >= 15 is 0 Å². The summed E-state index contributed by atoms with van der Waals surface area (Å²) in [5.74, 6) is -0.863. The Kier molecular flexibility index (Phi) is 59.6.